The molecule has 0 unspecified atom stereocenters. The summed E-state index contributed by atoms with van der Waals surface area (Å²) in [7, 11) is 1.74. The normalized spacial score (nSPS) is 16.7. The van der Waals surface area contributed by atoms with Crippen LogP contribution in [0.4, 0.5) is 0 Å². The van der Waals surface area contributed by atoms with Crippen molar-refractivity contribution in [1.29, 1.82) is 0 Å². The van der Waals surface area contributed by atoms with Gasteiger partial charge in [0.05, 0.1) is 26.9 Å². The smallest absolute Gasteiger partial charge is 0.125 e. The first-order chi connectivity index (χ1) is 18.5. The average molecular weight is 523 g/mol. The van der Waals surface area contributed by atoms with Gasteiger partial charge in [-0.25, -0.2) is 0 Å². The van der Waals surface area contributed by atoms with Gasteiger partial charge in [0, 0.05) is 44.8 Å². The summed E-state index contributed by atoms with van der Waals surface area (Å²) in [4.78, 5) is 5.05. The van der Waals surface area contributed by atoms with E-state index in [1.807, 2.05) is 0 Å². The van der Waals surface area contributed by atoms with E-state index in [1.165, 1.54) is 22.3 Å². The van der Waals surface area contributed by atoms with E-state index >= 15 is 0 Å². The minimum absolute atomic E-state index is 0.0992. The molecule has 0 radical (unpaired) electrons. The van der Waals surface area contributed by atoms with Crippen molar-refractivity contribution in [2.75, 3.05) is 66.2 Å². The summed E-state index contributed by atoms with van der Waals surface area (Å²) in [6, 6.07) is 13.1. The highest BCUT2D eigenvalue weighted by Gasteiger charge is 2.22. The molecule has 0 saturated carbocycles. The third-order valence-corrected chi connectivity index (χ3v) is 7.76. The van der Waals surface area contributed by atoms with E-state index in [0.29, 0.717) is 25.7 Å². The second-order valence-corrected chi connectivity index (χ2v) is 11.0. The van der Waals surface area contributed by atoms with Gasteiger partial charge in [-0.2, -0.15) is 0 Å². The third kappa shape index (κ3) is 7.82. The van der Waals surface area contributed by atoms with Crippen LogP contribution in [0.3, 0.4) is 0 Å². The Labute approximate surface area is 229 Å². The van der Waals surface area contributed by atoms with Crippen molar-refractivity contribution in [2.24, 2.45) is 5.92 Å². The molecule has 0 spiro atoms. The molecule has 2 aromatic carbocycles. The molecule has 1 fully saturated rings. The lowest BCUT2D eigenvalue weighted by atomic mass is 9.86. The minimum atomic E-state index is 0.0992. The van der Waals surface area contributed by atoms with Gasteiger partial charge in [0.25, 0.3) is 0 Å². The highest BCUT2D eigenvalue weighted by molar-refractivity contribution is 5.72. The number of aliphatic hydroxyl groups excluding tert-OH is 1. The molecule has 1 aliphatic carbocycles. The van der Waals surface area contributed by atoms with Crippen LogP contribution in [-0.2, 0) is 24.2 Å². The Morgan fingerprint density at radius 2 is 1.74 bits per heavy atom. The fraction of sp³-hybridized carbons (Fsp3) is 0.562. The molecule has 2 aromatic rings. The van der Waals surface area contributed by atoms with E-state index < -0.39 is 0 Å². The number of ether oxygens (including phenoxy) is 3. The second-order valence-electron chi connectivity index (χ2n) is 11.0. The molecule has 0 bridgehead atoms. The lowest BCUT2D eigenvalue weighted by Crippen LogP contribution is -2.47. The van der Waals surface area contributed by atoms with E-state index in [0.717, 1.165) is 75.6 Å². The van der Waals surface area contributed by atoms with E-state index in [1.54, 1.807) is 12.7 Å². The van der Waals surface area contributed by atoms with Gasteiger partial charge in [-0.05, 0) is 72.6 Å². The number of piperazine rings is 1. The average Bonchev–Trinajstić information content (AvgIpc) is 2.92. The van der Waals surface area contributed by atoms with Gasteiger partial charge in [0.1, 0.15) is 18.1 Å². The van der Waals surface area contributed by atoms with Crippen LogP contribution in [0.1, 0.15) is 49.4 Å². The number of hydrogen-bond acceptors (Lipinski definition) is 6. The number of rotatable bonds is 13. The van der Waals surface area contributed by atoms with Crippen molar-refractivity contribution in [3.8, 4) is 11.5 Å². The molecule has 0 aromatic heterocycles. The maximum atomic E-state index is 8.84. The predicted molar refractivity (Wildman–Crippen MR) is 154 cm³/mol. The highest BCUT2D eigenvalue weighted by atomic mass is 16.5. The number of methoxy groups -OCH3 is 1. The number of nitrogens with zero attached hydrogens (tertiary/aromatic N) is 2. The molecular weight excluding hydrogens is 476 g/mol. The van der Waals surface area contributed by atoms with Crippen LogP contribution in [0.5, 0.6) is 11.5 Å². The molecule has 208 valence electrons. The quantitative estimate of drug-likeness (QED) is 0.381. The number of benzene rings is 2. The first-order valence-electron chi connectivity index (χ1n) is 14.2. The Morgan fingerprint density at radius 1 is 0.947 bits per heavy atom. The number of hydrogen-bond donors (Lipinski definition) is 1. The summed E-state index contributed by atoms with van der Waals surface area (Å²) in [6.45, 7) is 14.9. The minimum Gasteiger partial charge on any atom is -0.496 e. The Bertz CT molecular complexity index is 1070. The molecule has 6 nitrogen and oxygen atoms in total. The molecule has 6 heteroatoms. The van der Waals surface area contributed by atoms with Gasteiger partial charge < -0.3 is 19.3 Å². The number of fused-ring (bicyclic) bond motifs is 1. The largest absolute Gasteiger partial charge is 0.496 e. The van der Waals surface area contributed by atoms with E-state index in [9.17, 15) is 0 Å². The van der Waals surface area contributed by atoms with Crippen molar-refractivity contribution in [1.82, 2.24) is 9.80 Å². The van der Waals surface area contributed by atoms with Crippen molar-refractivity contribution in [2.45, 2.75) is 46.6 Å². The SMILES string of the molecule is COc1cc(CC(C)C)ccc1COc1ccc2c(c1)CCC(CN1CCN(CCOCCO)CC1)=C2C. The van der Waals surface area contributed by atoms with Crippen molar-refractivity contribution < 1.29 is 19.3 Å². The van der Waals surface area contributed by atoms with Gasteiger partial charge in [-0.1, -0.05) is 37.6 Å². The zero-order chi connectivity index (χ0) is 26.9. The molecule has 0 atom stereocenters. The first kappa shape index (κ1) is 28.6. The van der Waals surface area contributed by atoms with E-state index in [-0.39, 0.29) is 6.61 Å². The van der Waals surface area contributed by atoms with E-state index in [4.69, 9.17) is 19.3 Å². The predicted octanol–water partition coefficient (Wildman–Crippen LogP) is 4.82. The Balaban J connectivity index is 1.31. The van der Waals surface area contributed by atoms with Crippen LogP contribution in [0, 0.1) is 5.92 Å². The molecule has 38 heavy (non-hydrogen) atoms. The number of aliphatic hydroxyl groups is 1. The highest BCUT2D eigenvalue weighted by Crippen LogP contribution is 2.34. The van der Waals surface area contributed by atoms with Crippen LogP contribution in [0.15, 0.2) is 42.0 Å². The lowest BCUT2D eigenvalue weighted by molar-refractivity contribution is 0.0589. The molecule has 1 saturated heterocycles. The zero-order valence-corrected chi connectivity index (χ0v) is 23.8. The maximum Gasteiger partial charge on any atom is 0.125 e. The first-order valence-corrected chi connectivity index (χ1v) is 14.2. The van der Waals surface area contributed by atoms with Crippen molar-refractivity contribution in [3.63, 3.8) is 0 Å². The summed E-state index contributed by atoms with van der Waals surface area (Å²) >= 11 is 0. The van der Waals surface area contributed by atoms with Crippen LogP contribution < -0.4 is 9.47 Å². The summed E-state index contributed by atoms with van der Waals surface area (Å²) in [5.74, 6) is 2.45. The summed E-state index contributed by atoms with van der Waals surface area (Å²) in [6.07, 6.45) is 3.23. The number of aryl methyl sites for hydroxylation is 1. The topological polar surface area (TPSA) is 54.4 Å². The van der Waals surface area contributed by atoms with E-state index in [2.05, 4.69) is 67.0 Å². The lowest BCUT2D eigenvalue weighted by Gasteiger charge is -2.36. The standard InChI is InChI=1S/C32H46N2O4/c1-24(2)19-26-5-6-29(32(20-26)36-4)23-38-30-9-10-31-25(3)28(8-7-27(31)21-30)22-34-13-11-33(12-14-34)15-17-37-18-16-35/h5-6,9-10,20-21,24,35H,7-8,11-19,22-23H2,1-4H3. The maximum absolute atomic E-state index is 8.84. The fourth-order valence-electron chi connectivity index (χ4n) is 5.56. The Kier molecular flexibility index (Phi) is 10.6. The third-order valence-electron chi connectivity index (χ3n) is 7.76. The van der Waals surface area contributed by atoms with Crippen LogP contribution in [0.25, 0.3) is 5.57 Å². The summed E-state index contributed by atoms with van der Waals surface area (Å²) < 4.78 is 17.3. The van der Waals surface area contributed by atoms with Crippen LogP contribution >= 0.6 is 0 Å². The fourth-order valence-corrected chi connectivity index (χ4v) is 5.56. The van der Waals surface area contributed by atoms with Gasteiger partial charge in [0.2, 0.25) is 0 Å². The molecule has 2 aliphatic rings. The molecule has 4 rings (SSSR count). The van der Waals surface area contributed by atoms with Gasteiger partial charge in [-0.15, -0.1) is 0 Å². The molecule has 1 aliphatic heterocycles. The summed E-state index contributed by atoms with van der Waals surface area (Å²) in [5, 5.41) is 8.84. The van der Waals surface area contributed by atoms with Gasteiger partial charge in [0.15, 0.2) is 0 Å². The molecule has 1 N–H and O–H groups in total. The molecule has 0 amide bonds. The van der Waals surface area contributed by atoms with Crippen LogP contribution in [0.2, 0.25) is 0 Å². The molecule has 1 heterocycles. The van der Waals surface area contributed by atoms with Crippen LogP contribution in [-0.4, -0.2) is 81.1 Å². The Hall–Kier alpha value is -2.38. The monoisotopic (exact) mass is 522 g/mol. The van der Waals surface area contributed by atoms with Gasteiger partial charge in [-0.3, -0.25) is 9.80 Å². The van der Waals surface area contributed by atoms with Gasteiger partial charge >= 0.3 is 0 Å². The Morgan fingerprint density at radius 3 is 2.47 bits per heavy atom. The summed E-state index contributed by atoms with van der Waals surface area (Å²) in [5.41, 5.74) is 8.13. The number of allylic oxidation sites excluding steroid dienone is 1. The van der Waals surface area contributed by atoms with Crippen molar-refractivity contribution in [3.05, 3.63) is 64.2 Å². The van der Waals surface area contributed by atoms with Crippen molar-refractivity contribution >= 4 is 5.57 Å². The zero-order valence-electron chi connectivity index (χ0n) is 23.8. The molecular formula is C32H46N2O4. The second kappa shape index (κ2) is 14.1.